The molecular weight excluding hydrogens is 290 g/mol. The Kier molecular flexibility index (Phi) is 5.40. The second kappa shape index (κ2) is 7.48. The summed E-state index contributed by atoms with van der Waals surface area (Å²) in [4.78, 5) is 35.7. The SMILES string of the molecule is CCCOC(=O)N1CCCN1C(=O)CNC(=O)c1ccco1. The molecule has 3 amide bonds. The van der Waals surface area contributed by atoms with Gasteiger partial charge in [-0.3, -0.25) is 9.59 Å². The molecule has 0 atom stereocenters. The van der Waals surface area contributed by atoms with Crippen molar-refractivity contribution in [2.45, 2.75) is 19.8 Å². The summed E-state index contributed by atoms with van der Waals surface area (Å²) in [6.45, 7) is 2.85. The first-order valence-electron chi connectivity index (χ1n) is 7.19. The number of furan rings is 1. The highest BCUT2D eigenvalue weighted by Gasteiger charge is 2.31. The van der Waals surface area contributed by atoms with Gasteiger partial charge < -0.3 is 14.5 Å². The zero-order valence-electron chi connectivity index (χ0n) is 12.4. The van der Waals surface area contributed by atoms with Gasteiger partial charge in [-0.25, -0.2) is 14.8 Å². The van der Waals surface area contributed by atoms with Crippen LogP contribution in [0.4, 0.5) is 4.79 Å². The van der Waals surface area contributed by atoms with Gasteiger partial charge in [0, 0.05) is 13.1 Å². The van der Waals surface area contributed by atoms with Crippen molar-refractivity contribution < 1.29 is 23.5 Å². The van der Waals surface area contributed by atoms with Crippen molar-refractivity contribution in [1.82, 2.24) is 15.3 Å². The van der Waals surface area contributed by atoms with Crippen LogP contribution in [0.1, 0.15) is 30.3 Å². The molecule has 8 nitrogen and oxygen atoms in total. The van der Waals surface area contributed by atoms with E-state index in [0.29, 0.717) is 32.5 Å². The van der Waals surface area contributed by atoms with E-state index in [-0.39, 0.29) is 18.2 Å². The molecule has 0 aliphatic carbocycles. The monoisotopic (exact) mass is 309 g/mol. The van der Waals surface area contributed by atoms with E-state index >= 15 is 0 Å². The molecule has 1 fully saturated rings. The number of hydrazine groups is 1. The summed E-state index contributed by atoms with van der Waals surface area (Å²) < 4.78 is 9.97. The van der Waals surface area contributed by atoms with Gasteiger partial charge in [0.2, 0.25) is 0 Å². The lowest BCUT2D eigenvalue weighted by Crippen LogP contribution is -2.48. The largest absolute Gasteiger partial charge is 0.459 e. The normalized spacial score (nSPS) is 14.0. The zero-order chi connectivity index (χ0) is 15.9. The van der Waals surface area contributed by atoms with Crippen LogP contribution in [-0.2, 0) is 9.53 Å². The number of hydrogen-bond acceptors (Lipinski definition) is 5. The van der Waals surface area contributed by atoms with Crippen LogP contribution >= 0.6 is 0 Å². The molecule has 1 aromatic rings. The van der Waals surface area contributed by atoms with Crippen LogP contribution in [0, 0.1) is 0 Å². The van der Waals surface area contributed by atoms with E-state index in [1.807, 2.05) is 6.92 Å². The second-order valence-electron chi connectivity index (χ2n) is 4.77. The number of nitrogens with zero attached hydrogens (tertiary/aromatic N) is 2. The summed E-state index contributed by atoms with van der Waals surface area (Å²) in [5.74, 6) is -0.711. The Labute approximate surface area is 128 Å². The molecular formula is C14H19N3O5. The second-order valence-corrected chi connectivity index (χ2v) is 4.77. The van der Waals surface area contributed by atoms with Gasteiger partial charge in [0.05, 0.1) is 19.4 Å². The van der Waals surface area contributed by atoms with E-state index in [0.717, 1.165) is 0 Å². The number of carbonyl (C=O) groups excluding carboxylic acids is 3. The maximum atomic E-state index is 12.1. The summed E-state index contributed by atoms with van der Waals surface area (Å²) in [7, 11) is 0. The van der Waals surface area contributed by atoms with Gasteiger partial charge in [0.15, 0.2) is 5.76 Å². The Morgan fingerprint density at radius 1 is 1.32 bits per heavy atom. The molecule has 1 aromatic heterocycles. The van der Waals surface area contributed by atoms with E-state index in [1.54, 1.807) is 6.07 Å². The van der Waals surface area contributed by atoms with E-state index in [9.17, 15) is 14.4 Å². The Morgan fingerprint density at radius 2 is 2.09 bits per heavy atom. The molecule has 0 bridgehead atoms. The van der Waals surface area contributed by atoms with Crippen LogP contribution in [0.2, 0.25) is 0 Å². The molecule has 120 valence electrons. The Bertz CT molecular complexity index is 529. The number of hydrogen-bond donors (Lipinski definition) is 1. The van der Waals surface area contributed by atoms with Crippen LogP contribution in [0.3, 0.4) is 0 Å². The lowest BCUT2D eigenvalue weighted by Gasteiger charge is -2.27. The van der Waals surface area contributed by atoms with Crippen molar-refractivity contribution in [3.05, 3.63) is 24.2 Å². The summed E-state index contributed by atoms with van der Waals surface area (Å²) in [6, 6.07) is 3.09. The van der Waals surface area contributed by atoms with Crippen molar-refractivity contribution in [3.8, 4) is 0 Å². The third-order valence-electron chi connectivity index (χ3n) is 3.10. The molecule has 0 saturated carbocycles. The molecule has 2 rings (SSSR count). The first-order chi connectivity index (χ1) is 10.6. The number of ether oxygens (including phenoxy) is 1. The van der Waals surface area contributed by atoms with Gasteiger partial charge in [-0.1, -0.05) is 6.92 Å². The first kappa shape index (κ1) is 15.9. The van der Waals surface area contributed by atoms with Gasteiger partial charge in [-0.05, 0) is 25.0 Å². The molecule has 8 heteroatoms. The van der Waals surface area contributed by atoms with E-state index in [2.05, 4.69) is 5.32 Å². The van der Waals surface area contributed by atoms with Gasteiger partial charge in [0.25, 0.3) is 11.8 Å². The third kappa shape index (κ3) is 3.78. The molecule has 2 heterocycles. The molecule has 1 saturated heterocycles. The van der Waals surface area contributed by atoms with Crippen LogP contribution in [-0.4, -0.2) is 54.2 Å². The summed E-state index contributed by atoms with van der Waals surface area (Å²) >= 11 is 0. The maximum Gasteiger partial charge on any atom is 0.428 e. The van der Waals surface area contributed by atoms with Crippen molar-refractivity contribution in [2.24, 2.45) is 0 Å². The van der Waals surface area contributed by atoms with Gasteiger partial charge in [0.1, 0.15) is 0 Å². The number of carbonyl (C=O) groups is 3. The average molecular weight is 309 g/mol. The molecule has 0 aromatic carbocycles. The van der Waals surface area contributed by atoms with Gasteiger partial charge >= 0.3 is 6.09 Å². The molecule has 0 radical (unpaired) electrons. The lowest BCUT2D eigenvalue weighted by molar-refractivity contribution is -0.140. The minimum absolute atomic E-state index is 0.133. The number of amides is 3. The standard InChI is InChI=1S/C14H19N3O5/c1-2-8-22-14(20)17-7-4-6-16(17)12(18)10-15-13(19)11-5-3-9-21-11/h3,5,9H,2,4,6-8,10H2,1H3,(H,15,19). The molecule has 22 heavy (non-hydrogen) atoms. The van der Waals surface area contributed by atoms with Crippen molar-refractivity contribution >= 4 is 17.9 Å². The average Bonchev–Trinajstić information content (AvgIpc) is 3.20. The van der Waals surface area contributed by atoms with E-state index in [1.165, 1.54) is 22.3 Å². The third-order valence-corrected chi connectivity index (χ3v) is 3.10. The fourth-order valence-electron chi connectivity index (χ4n) is 2.07. The quantitative estimate of drug-likeness (QED) is 0.876. The molecule has 1 aliphatic heterocycles. The van der Waals surface area contributed by atoms with Gasteiger partial charge in [-0.15, -0.1) is 0 Å². The van der Waals surface area contributed by atoms with Crippen LogP contribution < -0.4 is 5.32 Å². The molecule has 1 aliphatic rings. The topological polar surface area (TPSA) is 92.1 Å². The summed E-state index contributed by atoms with van der Waals surface area (Å²) in [5.41, 5.74) is 0. The van der Waals surface area contributed by atoms with Crippen LogP contribution in [0.15, 0.2) is 22.8 Å². The first-order valence-corrected chi connectivity index (χ1v) is 7.19. The maximum absolute atomic E-state index is 12.1. The Morgan fingerprint density at radius 3 is 2.77 bits per heavy atom. The van der Waals surface area contributed by atoms with Crippen molar-refractivity contribution in [1.29, 1.82) is 0 Å². The fourth-order valence-corrected chi connectivity index (χ4v) is 2.07. The number of nitrogens with one attached hydrogen (secondary N) is 1. The van der Waals surface area contributed by atoms with E-state index in [4.69, 9.17) is 9.15 Å². The lowest BCUT2D eigenvalue weighted by atomic mass is 10.4. The predicted molar refractivity (Wildman–Crippen MR) is 75.7 cm³/mol. The highest BCUT2D eigenvalue weighted by molar-refractivity contribution is 5.94. The van der Waals surface area contributed by atoms with Crippen molar-refractivity contribution in [3.63, 3.8) is 0 Å². The summed E-state index contributed by atoms with van der Waals surface area (Å²) in [5, 5.41) is 5.04. The van der Waals surface area contributed by atoms with E-state index < -0.39 is 12.0 Å². The molecule has 0 unspecified atom stereocenters. The smallest absolute Gasteiger partial charge is 0.428 e. The molecule has 0 spiro atoms. The minimum atomic E-state index is -0.537. The van der Waals surface area contributed by atoms with Crippen LogP contribution in [0.25, 0.3) is 0 Å². The van der Waals surface area contributed by atoms with Gasteiger partial charge in [-0.2, -0.15) is 0 Å². The highest BCUT2D eigenvalue weighted by Crippen LogP contribution is 2.12. The Balaban J connectivity index is 1.85. The fraction of sp³-hybridized carbons (Fsp3) is 0.500. The minimum Gasteiger partial charge on any atom is -0.459 e. The van der Waals surface area contributed by atoms with Crippen LogP contribution in [0.5, 0.6) is 0 Å². The Hall–Kier alpha value is -2.51. The molecule has 1 N–H and O–H groups in total. The summed E-state index contributed by atoms with van der Waals surface area (Å²) in [6.07, 6.45) is 2.24. The predicted octanol–water partition coefficient (Wildman–Crippen LogP) is 1.01. The highest BCUT2D eigenvalue weighted by atomic mass is 16.6. The van der Waals surface area contributed by atoms with Crippen molar-refractivity contribution in [2.75, 3.05) is 26.2 Å². The number of rotatable bonds is 5. The zero-order valence-corrected chi connectivity index (χ0v) is 12.4.